The molecule has 4 nitrogen and oxygen atoms in total. The first-order valence-corrected chi connectivity index (χ1v) is 9.44. The SMILES string of the molecule is C[C@H](SCc1cc(Cl)c2c(c1)OCO2)C(=O)NCc1cccs1. The van der Waals surface area contributed by atoms with Gasteiger partial charge in [0.05, 0.1) is 16.8 Å². The lowest BCUT2D eigenvalue weighted by atomic mass is 10.2. The summed E-state index contributed by atoms with van der Waals surface area (Å²) in [5.74, 6) is 1.99. The Morgan fingerprint density at radius 1 is 1.48 bits per heavy atom. The summed E-state index contributed by atoms with van der Waals surface area (Å²) < 4.78 is 10.7. The van der Waals surface area contributed by atoms with Crippen LogP contribution in [-0.4, -0.2) is 18.0 Å². The lowest BCUT2D eigenvalue weighted by Gasteiger charge is -2.12. The third kappa shape index (κ3) is 4.13. The van der Waals surface area contributed by atoms with Crippen molar-refractivity contribution >= 4 is 40.6 Å². The van der Waals surface area contributed by atoms with Gasteiger partial charge in [-0.25, -0.2) is 0 Å². The Morgan fingerprint density at radius 2 is 2.35 bits per heavy atom. The fourth-order valence-corrected chi connectivity index (χ4v) is 3.91. The van der Waals surface area contributed by atoms with Crippen molar-refractivity contribution in [1.82, 2.24) is 5.32 Å². The maximum Gasteiger partial charge on any atom is 0.233 e. The van der Waals surface area contributed by atoms with Crippen LogP contribution in [0.25, 0.3) is 0 Å². The number of nitrogens with one attached hydrogen (secondary N) is 1. The molecular formula is C16H16ClNO3S2. The number of hydrogen-bond acceptors (Lipinski definition) is 5. The number of amides is 1. The van der Waals surface area contributed by atoms with Crippen molar-refractivity contribution in [3.8, 4) is 11.5 Å². The molecule has 1 atom stereocenters. The van der Waals surface area contributed by atoms with E-state index in [2.05, 4.69) is 5.32 Å². The Morgan fingerprint density at radius 3 is 3.13 bits per heavy atom. The molecule has 1 aliphatic heterocycles. The van der Waals surface area contributed by atoms with Crippen LogP contribution in [-0.2, 0) is 17.1 Å². The molecule has 0 bridgehead atoms. The van der Waals surface area contributed by atoms with E-state index in [0.717, 1.165) is 10.4 Å². The molecule has 23 heavy (non-hydrogen) atoms. The second kappa shape index (κ2) is 7.47. The summed E-state index contributed by atoms with van der Waals surface area (Å²) in [6.45, 7) is 2.69. The van der Waals surface area contributed by atoms with Gasteiger partial charge in [0.1, 0.15) is 0 Å². The lowest BCUT2D eigenvalue weighted by molar-refractivity contribution is -0.120. The number of rotatable bonds is 6. The molecule has 1 aliphatic rings. The van der Waals surface area contributed by atoms with E-state index in [-0.39, 0.29) is 18.0 Å². The highest BCUT2D eigenvalue weighted by molar-refractivity contribution is 7.99. The van der Waals surface area contributed by atoms with Crippen LogP contribution in [0, 0.1) is 0 Å². The number of hydrogen-bond donors (Lipinski definition) is 1. The highest BCUT2D eigenvalue weighted by Crippen LogP contribution is 2.40. The van der Waals surface area contributed by atoms with Gasteiger partial charge in [0.25, 0.3) is 0 Å². The van der Waals surface area contributed by atoms with Gasteiger partial charge < -0.3 is 14.8 Å². The number of fused-ring (bicyclic) bond motifs is 1. The Bertz CT molecular complexity index is 691. The summed E-state index contributed by atoms with van der Waals surface area (Å²) in [6, 6.07) is 7.76. The van der Waals surface area contributed by atoms with Gasteiger partial charge in [-0.15, -0.1) is 23.1 Å². The van der Waals surface area contributed by atoms with Crippen molar-refractivity contribution in [3.63, 3.8) is 0 Å². The molecule has 0 spiro atoms. The molecule has 1 amide bonds. The third-order valence-electron chi connectivity index (χ3n) is 3.37. The first-order valence-electron chi connectivity index (χ1n) is 7.13. The summed E-state index contributed by atoms with van der Waals surface area (Å²) >= 11 is 9.37. The van der Waals surface area contributed by atoms with E-state index in [0.29, 0.717) is 28.8 Å². The van der Waals surface area contributed by atoms with Gasteiger partial charge >= 0.3 is 0 Å². The van der Waals surface area contributed by atoms with Crippen molar-refractivity contribution in [2.75, 3.05) is 6.79 Å². The van der Waals surface area contributed by atoms with E-state index in [9.17, 15) is 4.79 Å². The monoisotopic (exact) mass is 369 g/mol. The molecule has 0 saturated heterocycles. The van der Waals surface area contributed by atoms with Crippen LogP contribution >= 0.6 is 34.7 Å². The molecule has 7 heteroatoms. The molecule has 0 unspecified atom stereocenters. The van der Waals surface area contributed by atoms with Crippen LogP contribution < -0.4 is 14.8 Å². The quantitative estimate of drug-likeness (QED) is 0.833. The zero-order valence-electron chi connectivity index (χ0n) is 12.5. The summed E-state index contributed by atoms with van der Waals surface area (Å²) in [5.41, 5.74) is 1.02. The Labute approximate surface area is 148 Å². The number of ether oxygens (including phenoxy) is 2. The normalized spacial score (nSPS) is 13.8. The van der Waals surface area contributed by atoms with Crippen molar-refractivity contribution in [2.24, 2.45) is 0 Å². The van der Waals surface area contributed by atoms with E-state index < -0.39 is 0 Å². The smallest absolute Gasteiger partial charge is 0.233 e. The molecule has 0 aliphatic carbocycles. The first kappa shape index (κ1) is 16.5. The highest BCUT2D eigenvalue weighted by Gasteiger charge is 2.19. The van der Waals surface area contributed by atoms with Gasteiger partial charge in [0, 0.05) is 10.6 Å². The maximum atomic E-state index is 12.1. The third-order valence-corrected chi connectivity index (χ3v) is 5.74. The number of thioether (sulfide) groups is 1. The van der Waals surface area contributed by atoms with Gasteiger partial charge in [0.2, 0.25) is 12.7 Å². The van der Waals surface area contributed by atoms with Crippen LogP contribution in [0.1, 0.15) is 17.4 Å². The minimum Gasteiger partial charge on any atom is -0.454 e. The minimum atomic E-state index is -0.140. The number of benzene rings is 1. The summed E-state index contributed by atoms with van der Waals surface area (Å²) in [6.07, 6.45) is 0. The second-order valence-electron chi connectivity index (χ2n) is 5.06. The van der Waals surface area contributed by atoms with E-state index in [1.807, 2.05) is 36.6 Å². The largest absolute Gasteiger partial charge is 0.454 e. The summed E-state index contributed by atoms with van der Waals surface area (Å²) in [4.78, 5) is 13.3. The average Bonchev–Trinajstić information content (AvgIpc) is 3.21. The molecule has 1 N–H and O–H groups in total. The number of halogens is 1. The van der Waals surface area contributed by atoms with Crippen molar-refractivity contribution < 1.29 is 14.3 Å². The summed E-state index contributed by atoms with van der Waals surface area (Å²) in [7, 11) is 0. The lowest BCUT2D eigenvalue weighted by Crippen LogP contribution is -2.30. The van der Waals surface area contributed by atoms with Gasteiger partial charge in [0.15, 0.2) is 11.5 Å². The van der Waals surface area contributed by atoms with E-state index in [1.165, 1.54) is 0 Å². The standard InChI is InChI=1S/C16H16ClNO3S2/c1-10(16(19)18-7-12-3-2-4-22-12)23-8-11-5-13(17)15-14(6-11)20-9-21-15/h2-6,10H,7-9H2,1H3,(H,18,19)/t10-/m0/s1. The van der Waals surface area contributed by atoms with Crippen LogP contribution in [0.15, 0.2) is 29.6 Å². The predicted octanol–water partition coefficient (Wildman–Crippen LogP) is 4.07. The molecule has 0 saturated carbocycles. The van der Waals surface area contributed by atoms with Gasteiger partial charge in [-0.3, -0.25) is 4.79 Å². The van der Waals surface area contributed by atoms with Gasteiger partial charge in [-0.05, 0) is 36.1 Å². The van der Waals surface area contributed by atoms with Crippen molar-refractivity contribution in [1.29, 1.82) is 0 Å². The van der Waals surface area contributed by atoms with E-state index in [1.54, 1.807) is 23.1 Å². The Hall–Kier alpha value is -1.37. The molecule has 0 fully saturated rings. The van der Waals surface area contributed by atoms with Crippen LogP contribution in [0.4, 0.5) is 0 Å². The molecule has 1 aromatic heterocycles. The molecular weight excluding hydrogens is 354 g/mol. The summed E-state index contributed by atoms with van der Waals surface area (Å²) in [5, 5.41) is 5.36. The van der Waals surface area contributed by atoms with Crippen LogP contribution in [0.3, 0.4) is 0 Å². The van der Waals surface area contributed by atoms with Crippen LogP contribution in [0.2, 0.25) is 5.02 Å². The predicted molar refractivity (Wildman–Crippen MR) is 94.5 cm³/mol. The fraction of sp³-hybridized carbons (Fsp3) is 0.312. The maximum absolute atomic E-state index is 12.1. The fourth-order valence-electron chi connectivity index (χ4n) is 2.13. The molecule has 3 rings (SSSR count). The Kier molecular flexibility index (Phi) is 5.35. The topological polar surface area (TPSA) is 47.6 Å². The van der Waals surface area contributed by atoms with Gasteiger partial charge in [-0.2, -0.15) is 0 Å². The molecule has 122 valence electrons. The van der Waals surface area contributed by atoms with Crippen molar-refractivity contribution in [2.45, 2.75) is 24.5 Å². The van der Waals surface area contributed by atoms with Gasteiger partial charge in [-0.1, -0.05) is 17.7 Å². The number of carbonyl (C=O) groups is 1. The minimum absolute atomic E-state index is 0.0373. The molecule has 1 aromatic carbocycles. The highest BCUT2D eigenvalue weighted by atomic mass is 35.5. The van der Waals surface area contributed by atoms with E-state index in [4.69, 9.17) is 21.1 Å². The molecule has 2 heterocycles. The number of carbonyl (C=O) groups excluding carboxylic acids is 1. The van der Waals surface area contributed by atoms with Crippen LogP contribution in [0.5, 0.6) is 11.5 Å². The average molecular weight is 370 g/mol. The second-order valence-corrected chi connectivity index (χ2v) is 7.83. The molecule has 2 aromatic rings. The zero-order valence-corrected chi connectivity index (χ0v) is 14.9. The molecule has 0 radical (unpaired) electrons. The number of thiophene rings is 1. The first-order chi connectivity index (χ1) is 11.1. The zero-order chi connectivity index (χ0) is 16.2. The Balaban J connectivity index is 1.51. The van der Waals surface area contributed by atoms with E-state index >= 15 is 0 Å². The van der Waals surface area contributed by atoms with Crippen molar-refractivity contribution in [3.05, 3.63) is 45.1 Å².